The molecule has 2 aromatic heterocycles. The van der Waals surface area contributed by atoms with Crippen LogP contribution in [0.15, 0.2) is 146 Å². The van der Waals surface area contributed by atoms with E-state index in [9.17, 15) is 0 Å². The van der Waals surface area contributed by atoms with Crippen LogP contribution in [-0.2, 0) is 0 Å². The summed E-state index contributed by atoms with van der Waals surface area (Å²) in [7, 11) is 0. The molecule has 0 amide bonds. The lowest BCUT2D eigenvalue weighted by atomic mass is 10.0. The number of hydrogen-bond donors (Lipinski definition) is 0. The molecule has 2 heterocycles. The first-order valence-corrected chi connectivity index (χ1v) is 13.0. The third-order valence-electron chi connectivity index (χ3n) is 7.71. The fraction of sp³-hybridized carbons (Fsp3) is 0. The second-order valence-electron chi connectivity index (χ2n) is 9.88. The van der Waals surface area contributed by atoms with Crippen LogP contribution in [-0.4, -0.2) is 9.13 Å². The van der Waals surface area contributed by atoms with Gasteiger partial charge in [0.25, 0.3) is 0 Å². The zero-order chi connectivity index (χ0) is 25.1. The Morgan fingerprint density at radius 1 is 0.395 bits per heavy atom. The van der Waals surface area contributed by atoms with E-state index in [-0.39, 0.29) is 0 Å². The van der Waals surface area contributed by atoms with Crippen LogP contribution >= 0.6 is 0 Å². The van der Waals surface area contributed by atoms with E-state index in [1.54, 1.807) is 0 Å². The van der Waals surface area contributed by atoms with Gasteiger partial charge in [0, 0.05) is 39.1 Å². The van der Waals surface area contributed by atoms with Gasteiger partial charge in [-0.25, -0.2) is 0 Å². The van der Waals surface area contributed by atoms with Crippen molar-refractivity contribution in [3.05, 3.63) is 146 Å². The van der Waals surface area contributed by atoms with E-state index in [0.29, 0.717) is 0 Å². The van der Waals surface area contributed by atoms with Gasteiger partial charge >= 0.3 is 0 Å². The summed E-state index contributed by atoms with van der Waals surface area (Å²) in [4.78, 5) is 0. The molecule has 6 aromatic carbocycles. The minimum atomic E-state index is 1.17. The molecule has 0 radical (unpaired) electrons. The Bertz CT molecular complexity index is 2110. The van der Waals surface area contributed by atoms with Gasteiger partial charge in [0.15, 0.2) is 0 Å². The molecule has 0 saturated heterocycles. The predicted molar refractivity (Wildman–Crippen MR) is 161 cm³/mol. The molecule has 0 unspecified atom stereocenters. The van der Waals surface area contributed by atoms with Crippen molar-refractivity contribution in [3.63, 3.8) is 0 Å². The molecular formula is C36H24N2. The maximum atomic E-state index is 2.45. The van der Waals surface area contributed by atoms with Crippen molar-refractivity contribution < 1.29 is 0 Å². The summed E-state index contributed by atoms with van der Waals surface area (Å²) >= 11 is 0. The van der Waals surface area contributed by atoms with E-state index in [2.05, 4.69) is 155 Å². The third kappa shape index (κ3) is 3.14. The number of para-hydroxylation sites is 2. The first kappa shape index (κ1) is 21.0. The molecule has 0 fully saturated rings. The second kappa shape index (κ2) is 8.22. The lowest BCUT2D eigenvalue weighted by Crippen LogP contribution is -1.95. The van der Waals surface area contributed by atoms with E-state index >= 15 is 0 Å². The van der Waals surface area contributed by atoms with Gasteiger partial charge in [-0.1, -0.05) is 91.0 Å². The zero-order valence-corrected chi connectivity index (χ0v) is 20.8. The number of fused-ring (bicyclic) bond motifs is 6. The van der Waals surface area contributed by atoms with Crippen LogP contribution in [0.2, 0.25) is 0 Å². The van der Waals surface area contributed by atoms with Crippen LogP contribution in [0.5, 0.6) is 0 Å². The highest BCUT2D eigenvalue weighted by atomic mass is 15.0. The van der Waals surface area contributed by atoms with Gasteiger partial charge in [-0.3, -0.25) is 0 Å². The monoisotopic (exact) mass is 484 g/mol. The highest BCUT2D eigenvalue weighted by Gasteiger charge is 2.16. The van der Waals surface area contributed by atoms with Gasteiger partial charge in [0.1, 0.15) is 0 Å². The van der Waals surface area contributed by atoms with Crippen molar-refractivity contribution in [1.82, 2.24) is 9.13 Å². The van der Waals surface area contributed by atoms with Gasteiger partial charge in [-0.15, -0.1) is 0 Å². The van der Waals surface area contributed by atoms with Gasteiger partial charge in [-0.2, -0.15) is 0 Å². The molecule has 0 aliphatic rings. The average Bonchev–Trinajstić information content (AvgIpc) is 3.56. The topological polar surface area (TPSA) is 9.86 Å². The van der Waals surface area contributed by atoms with Crippen LogP contribution in [0.4, 0.5) is 0 Å². The molecule has 8 aromatic rings. The number of rotatable bonds is 3. The van der Waals surface area contributed by atoms with Gasteiger partial charge in [0.05, 0.1) is 16.6 Å². The number of nitrogens with zero attached hydrogens (tertiary/aromatic N) is 2. The van der Waals surface area contributed by atoms with Crippen LogP contribution in [0, 0.1) is 0 Å². The SMILES string of the molecule is c1ccc(-c2cccc(-n3c4ccccc4c4ccc5cc6ccn(-c7ccccc7)c6cc5c43)c2)cc1. The lowest BCUT2D eigenvalue weighted by Gasteiger charge is -2.13. The largest absolute Gasteiger partial charge is 0.317 e. The predicted octanol–water partition coefficient (Wildman–Crippen LogP) is 9.55. The number of aromatic nitrogens is 2. The van der Waals surface area contributed by atoms with Crippen LogP contribution in [0.1, 0.15) is 0 Å². The molecule has 0 aliphatic carbocycles. The van der Waals surface area contributed by atoms with Crippen molar-refractivity contribution >= 4 is 43.5 Å². The summed E-state index contributed by atoms with van der Waals surface area (Å²) in [5, 5.41) is 6.30. The highest BCUT2D eigenvalue weighted by Crippen LogP contribution is 2.39. The lowest BCUT2D eigenvalue weighted by molar-refractivity contribution is 1.13. The fourth-order valence-corrected chi connectivity index (χ4v) is 5.95. The Kier molecular flexibility index (Phi) is 4.55. The molecule has 38 heavy (non-hydrogen) atoms. The van der Waals surface area contributed by atoms with Crippen molar-refractivity contribution in [3.8, 4) is 22.5 Å². The summed E-state index contributed by atoms with van der Waals surface area (Å²) in [6, 6.07) is 50.3. The molecule has 178 valence electrons. The Labute approximate surface area is 220 Å². The standard InChI is InChI=1S/C36H24N2/c1-3-10-25(11-4-1)26-12-9-15-30(23-26)38-34-17-8-7-16-31(34)32-19-18-27-22-28-20-21-37(29-13-5-2-6-14-29)35(28)24-33(27)36(32)38/h1-24H. The molecule has 2 heteroatoms. The van der Waals surface area contributed by atoms with Crippen molar-refractivity contribution in [2.75, 3.05) is 0 Å². The minimum Gasteiger partial charge on any atom is -0.317 e. The summed E-state index contributed by atoms with van der Waals surface area (Å²) in [5.41, 5.74) is 8.46. The van der Waals surface area contributed by atoms with E-state index in [1.807, 2.05) is 0 Å². The number of benzene rings is 6. The van der Waals surface area contributed by atoms with Crippen molar-refractivity contribution in [2.45, 2.75) is 0 Å². The summed E-state index contributed by atoms with van der Waals surface area (Å²) in [6.45, 7) is 0. The van der Waals surface area contributed by atoms with Crippen molar-refractivity contribution in [2.24, 2.45) is 0 Å². The smallest absolute Gasteiger partial charge is 0.0620 e. The average molecular weight is 485 g/mol. The quantitative estimate of drug-likeness (QED) is 0.236. The maximum absolute atomic E-state index is 2.45. The molecule has 0 saturated carbocycles. The Hall–Kier alpha value is -5.08. The molecule has 0 aliphatic heterocycles. The molecule has 0 bridgehead atoms. The first-order chi connectivity index (χ1) is 18.8. The van der Waals surface area contributed by atoms with E-state index in [1.165, 1.54) is 66.0 Å². The molecule has 0 atom stereocenters. The highest BCUT2D eigenvalue weighted by molar-refractivity contribution is 6.20. The Morgan fingerprint density at radius 3 is 2.00 bits per heavy atom. The second-order valence-corrected chi connectivity index (χ2v) is 9.88. The third-order valence-corrected chi connectivity index (χ3v) is 7.71. The number of hydrogen-bond acceptors (Lipinski definition) is 0. The fourth-order valence-electron chi connectivity index (χ4n) is 5.95. The Balaban J connectivity index is 1.48. The van der Waals surface area contributed by atoms with E-state index in [0.717, 1.165) is 0 Å². The van der Waals surface area contributed by atoms with E-state index in [4.69, 9.17) is 0 Å². The zero-order valence-electron chi connectivity index (χ0n) is 20.8. The van der Waals surface area contributed by atoms with E-state index < -0.39 is 0 Å². The summed E-state index contributed by atoms with van der Waals surface area (Å²) in [6.07, 6.45) is 2.18. The summed E-state index contributed by atoms with van der Waals surface area (Å²) < 4.78 is 4.73. The first-order valence-electron chi connectivity index (χ1n) is 13.0. The normalized spacial score (nSPS) is 11.7. The van der Waals surface area contributed by atoms with Crippen LogP contribution < -0.4 is 0 Å². The van der Waals surface area contributed by atoms with Crippen LogP contribution in [0.3, 0.4) is 0 Å². The summed E-state index contributed by atoms with van der Waals surface area (Å²) in [5.74, 6) is 0. The van der Waals surface area contributed by atoms with Crippen molar-refractivity contribution in [1.29, 1.82) is 0 Å². The molecular weight excluding hydrogens is 460 g/mol. The van der Waals surface area contributed by atoms with Crippen LogP contribution in [0.25, 0.3) is 66.0 Å². The van der Waals surface area contributed by atoms with Gasteiger partial charge in [-0.05, 0) is 65.0 Å². The molecule has 8 rings (SSSR count). The molecule has 0 N–H and O–H groups in total. The van der Waals surface area contributed by atoms with Gasteiger partial charge < -0.3 is 9.13 Å². The van der Waals surface area contributed by atoms with Gasteiger partial charge in [0.2, 0.25) is 0 Å². The minimum absolute atomic E-state index is 1.17. The molecule has 0 spiro atoms. The Morgan fingerprint density at radius 2 is 1.13 bits per heavy atom. The maximum Gasteiger partial charge on any atom is 0.0620 e. The molecule has 2 nitrogen and oxygen atoms in total.